The molecule has 1 aromatic carbocycles. The number of aryl methyl sites for hydroxylation is 2. The number of benzene rings is 1. The smallest absolute Gasteiger partial charge is 0.231 e. The van der Waals surface area contributed by atoms with Gasteiger partial charge >= 0.3 is 0 Å². The number of hydrogen-bond donors (Lipinski definition) is 0. The Balaban J connectivity index is 1.67. The molecule has 6 nitrogen and oxygen atoms in total. The van der Waals surface area contributed by atoms with Gasteiger partial charge in [0.15, 0.2) is 5.82 Å². The molecule has 1 saturated heterocycles. The summed E-state index contributed by atoms with van der Waals surface area (Å²) in [5.74, 6) is 2.69. The predicted molar refractivity (Wildman–Crippen MR) is 82.9 cm³/mol. The van der Waals surface area contributed by atoms with Gasteiger partial charge in [-0.2, -0.15) is 4.98 Å². The van der Waals surface area contributed by atoms with E-state index in [1.54, 1.807) is 6.33 Å². The van der Waals surface area contributed by atoms with Crippen molar-refractivity contribution in [2.75, 3.05) is 18.0 Å². The largest absolute Gasteiger partial charge is 0.355 e. The highest BCUT2D eigenvalue weighted by Gasteiger charge is 2.29. The predicted octanol–water partition coefficient (Wildman–Crippen LogP) is 2.62. The van der Waals surface area contributed by atoms with Crippen molar-refractivity contribution in [3.05, 3.63) is 41.8 Å². The molecule has 0 bridgehead atoms. The summed E-state index contributed by atoms with van der Waals surface area (Å²) in [5.41, 5.74) is 2.19. The Morgan fingerprint density at radius 3 is 2.95 bits per heavy atom. The molecule has 1 atom stereocenters. The van der Waals surface area contributed by atoms with Crippen LogP contribution in [0.3, 0.4) is 0 Å². The maximum atomic E-state index is 5.32. The van der Waals surface area contributed by atoms with Crippen molar-refractivity contribution < 1.29 is 4.52 Å². The van der Waals surface area contributed by atoms with Crippen LogP contribution in [0, 0.1) is 13.8 Å². The fourth-order valence-electron chi connectivity index (χ4n) is 3.04. The molecule has 1 fully saturated rings. The Hall–Kier alpha value is -2.50. The normalized spacial score (nSPS) is 18.3. The van der Waals surface area contributed by atoms with Gasteiger partial charge in [0.1, 0.15) is 12.1 Å². The summed E-state index contributed by atoms with van der Waals surface area (Å²) in [4.78, 5) is 15.5. The van der Waals surface area contributed by atoms with E-state index in [0.29, 0.717) is 5.82 Å². The van der Waals surface area contributed by atoms with Crippen molar-refractivity contribution in [3.8, 4) is 0 Å². The SMILES string of the molecule is Cc1ccc2ncnc(N3CCC(c4nc(C)no4)C3)c2c1. The van der Waals surface area contributed by atoms with Crippen molar-refractivity contribution in [2.24, 2.45) is 0 Å². The molecule has 0 radical (unpaired) electrons. The van der Waals surface area contributed by atoms with Crippen molar-refractivity contribution in [2.45, 2.75) is 26.2 Å². The lowest BCUT2D eigenvalue weighted by molar-refractivity contribution is 0.356. The number of hydrogen-bond acceptors (Lipinski definition) is 6. The zero-order chi connectivity index (χ0) is 15.1. The summed E-state index contributed by atoms with van der Waals surface area (Å²) in [6.07, 6.45) is 2.64. The molecular weight excluding hydrogens is 278 g/mol. The lowest BCUT2D eigenvalue weighted by Gasteiger charge is -2.18. The molecule has 6 heteroatoms. The fourth-order valence-corrected chi connectivity index (χ4v) is 3.04. The second kappa shape index (κ2) is 5.05. The zero-order valence-corrected chi connectivity index (χ0v) is 12.7. The number of rotatable bonds is 2. The molecule has 4 rings (SSSR count). The van der Waals surface area contributed by atoms with E-state index in [0.717, 1.165) is 42.1 Å². The third-order valence-electron chi connectivity index (χ3n) is 4.15. The van der Waals surface area contributed by atoms with E-state index in [2.05, 4.69) is 44.1 Å². The van der Waals surface area contributed by atoms with Gasteiger partial charge in [-0.15, -0.1) is 0 Å². The van der Waals surface area contributed by atoms with Crippen LogP contribution in [0.2, 0.25) is 0 Å². The summed E-state index contributed by atoms with van der Waals surface area (Å²) < 4.78 is 5.32. The van der Waals surface area contributed by atoms with Gasteiger partial charge in [0.2, 0.25) is 5.89 Å². The lowest BCUT2D eigenvalue weighted by Crippen LogP contribution is -2.21. The number of aromatic nitrogens is 4. The molecule has 22 heavy (non-hydrogen) atoms. The Bertz CT molecular complexity index is 828. The molecule has 2 aromatic heterocycles. The van der Waals surface area contributed by atoms with Crippen LogP contribution in [0.1, 0.15) is 29.6 Å². The topological polar surface area (TPSA) is 67.9 Å². The molecule has 0 spiro atoms. The minimum atomic E-state index is 0.274. The first kappa shape index (κ1) is 13.2. The van der Waals surface area contributed by atoms with Gasteiger partial charge in [0.25, 0.3) is 0 Å². The van der Waals surface area contributed by atoms with Crippen molar-refractivity contribution in [1.82, 2.24) is 20.1 Å². The van der Waals surface area contributed by atoms with Crippen LogP contribution in [0.5, 0.6) is 0 Å². The highest BCUT2D eigenvalue weighted by Crippen LogP contribution is 2.32. The molecule has 0 amide bonds. The van der Waals surface area contributed by atoms with E-state index < -0.39 is 0 Å². The number of nitrogens with zero attached hydrogens (tertiary/aromatic N) is 5. The van der Waals surface area contributed by atoms with Crippen LogP contribution in [0.15, 0.2) is 29.0 Å². The first-order valence-electron chi connectivity index (χ1n) is 7.47. The van der Waals surface area contributed by atoms with Gasteiger partial charge in [-0.1, -0.05) is 16.8 Å². The van der Waals surface area contributed by atoms with Gasteiger partial charge in [0.05, 0.1) is 11.4 Å². The van der Waals surface area contributed by atoms with Crippen LogP contribution in [0.25, 0.3) is 10.9 Å². The van der Waals surface area contributed by atoms with Crippen LogP contribution < -0.4 is 4.90 Å². The Morgan fingerprint density at radius 1 is 1.23 bits per heavy atom. The van der Waals surface area contributed by atoms with Gasteiger partial charge in [-0.05, 0) is 32.4 Å². The number of anilines is 1. The molecule has 3 heterocycles. The van der Waals surface area contributed by atoms with Gasteiger partial charge in [-0.25, -0.2) is 9.97 Å². The third-order valence-corrected chi connectivity index (χ3v) is 4.15. The highest BCUT2D eigenvalue weighted by molar-refractivity contribution is 5.89. The van der Waals surface area contributed by atoms with Gasteiger partial charge < -0.3 is 9.42 Å². The van der Waals surface area contributed by atoms with E-state index in [4.69, 9.17) is 4.52 Å². The first-order valence-corrected chi connectivity index (χ1v) is 7.47. The van der Waals surface area contributed by atoms with E-state index in [9.17, 15) is 0 Å². The first-order chi connectivity index (χ1) is 10.7. The van der Waals surface area contributed by atoms with Crippen molar-refractivity contribution in [3.63, 3.8) is 0 Å². The van der Waals surface area contributed by atoms with Crippen LogP contribution >= 0.6 is 0 Å². The van der Waals surface area contributed by atoms with Crippen molar-refractivity contribution >= 4 is 16.7 Å². The standard InChI is InChI=1S/C16H17N5O/c1-10-3-4-14-13(7-10)15(18-9-17-14)21-6-5-12(8-21)16-19-11(2)20-22-16/h3-4,7,9,12H,5-6,8H2,1-2H3. The summed E-state index contributed by atoms with van der Waals surface area (Å²) in [5, 5.41) is 4.99. The fraction of sp³-hybridized carbons (Fsp3) is 0.375. The Kier molecular flexibility index (Phi) is 3.03. The molecule has 0 saturated carbocycles. The van der Waals surface area contributed by atoms with E-state index in [1.807, 2.05) is 13.0 Å². The molecule has 1 unspecified atom stereocenters. The second-order valence-corrected chi connectivity index (χ2v) is 5.83. The summed E-state index contributed by atoms with van der Waals surface area (Å²) in [6, 6.07) is 6.27. The summed E-state index contributed by atoms with van der Waals surface area (Å²) >= 11 is 0. The molecule has 1 aliphatic rings. The van der Waals surface area contributed by atoms with E-state index in [1.165, 1.54) is 5.56 Å². The minimum Gasteiger partial charge on any atom is -0.355 e. The van der Waals surface area contributed by atoms with Gasteiger partial charge in [0, 0.05) is 18.5 Å². The third kappa shape index (κ3) is 2.20. The number of fused-ring (bicyclic) bond motifs is 1. The highest BCUT2D eigenvalue weighted by atomic mass is 16.5. The Morgan fingerprint density at radius 2 is 2.14 bits per heavy atom. The van der Waals surface area contributed by atoms with Crippen LogP contribution in [0.4, 0.5) is 5.82 Å². The van der Waals surface area contributed by atoms with Gasteiger partial charge in [-0.3, -0.25) is 0 Å². The van der Waals surface area contributed by atoms with E-state index >= 15 is 0 Å². The van der Waals surface area contributed by atoms with Crippen molar-refractivity contribution in [1.29, 1.82) is 0 Å². The van der Waals surface area contributed by atoms with E-state index in [-0.39, 0.29) is 5.92 Å². The molecule has 112 valence electrons. The van der Waals surface area contributed by atoms with Crippen LogP contribution in [-0.2, 0) is 0 Å². The maximum absolute atomic E-state index is 5.32. The molecular formula is C16H17N5O. The quantitative estimate of drug-likeness (QED) is 0.724. The molecule has 3 aromatic rings. The average Bonchev–Trinajstić information content (AvgIpc) is 3.15. The summed E-state index contributed by atoms with van der Waals surface area (Å²) in [7, 11) is 0. The maximum Gasteiger partial charge on any atom is 0.231 e. The molecule has 0 N–H and O–H groups in total. The lowest BCUT2D eigenvalue weighted by atomic mass is 10.1. The molecule has 0 aliphatic carbocycles. The molecule has 1 aliphatic heterocycles. The Labute approximate surface area is 128 Å². The monoisotopic (exact) mass is 295 g/mol. The summed E-state index contributed by atoms with van der Waals surface area (Å²) in [6.45, 7) is 5.72. The van der Waals surface area contributed by atoms with Crippen LogP contribution in [-0.4, -0.2) is 33.2 Å². The second-order valence-electron chi connectivity index (χ2n) is 5.83. The average molecular weight is 295 g/mol. The zero-order valence-electron chi connectivity index (χ0n) is 12.7. The minimum absolute atomic E-state index is 0.274.